The minimum atomic E-state index is -0.461. The molecule has 1 fully saturated rings. The monoisotopic (exact) mass is 296 g/mol. The minimum Gasteiger partial charge on any atom is -0.358 e. The first kappa shape index (κ1) is 13.6. The zero-order valence-electron chi connectivity index (χ0n) is 13.1. The summed E-state index contributed by atoms with van der Waals surface area (Å²) < 4.78 is 0. The number of fused-ring (bicyclic) bond motifs is 5. The van der Waals surface area contributed by atoms with Crippen LogP contribution in [0.1, 0.15) is 44.4 Å². The summed E-state index contributed by atoms with van der Waals surface area (Å²) in [5.41, 5.74) is 2.77. The van der Waals surface area contributed by atoms with Crippen molar-refractivity contribution in [1.82, 2.24) is 9.88 Å². The van der Waals surface area contributed by atoms with E-state index in [1.165, 1.54) is 4.90 Å². The standard InChI is InChI=1S/C18H20N2O2/c1-18(2,3)20-16(21)11-8-9-13-14(15(11)17(20)22)10-6-4-5-7-12(10)19-13/h4-7,11,15,19H,8-9H2,1-3H3/t11-,15-/m1/s1. The van der Waals surface area contributed by atoms with E-state index in [4.69, 9.17) is 0 Å². The largest absolute Gasteiger partial charge is 0.358 e. The number of aromatic amines is 1. The number of hydrogen-bond acceptors (Lipinski definition) is 2. The van der Waals surface area contributed by atoms with Crippen molar-refractivity contribution in [3.05, 3.63) is 35.5 Å². The first-order chi connectivity index (χ1) is 10.4. The van der Waals surface area contributed by atoms with Crippen LogP contribution in [0.4, 0.5) is 0 Å². The van der Waals surface area contributed by atoms with Gasteiger partial charge in [0.2, 0.25) is 11.8 Å². The van der Waals surface area contributed by atoms with Crippen LogP contribution >= 0.6 is 0 Å². The Labute approximate surface area is 129 Å². The molecule has 0 radical (unpaired) electrons. The lowest BCUT2D eigenvalue weighted by atomic mass is 9.78. The average Bonchev–Trinajstić information content (AvgIpc) is 2.94. The molecule has 1 aliphatic heterocycles. The van der Waals surface area contributed by atoms with E-state index in [2.05, 4.69) is 4.98 Å². The summed E-state index contributed by atoms with van der Waals surface area (Å²) in [4.78, 5) is 30.7. The molecule has 1 N–H and O–H groups in total. The van der Waals surface area contributed by atoms with Gasteiger partial charge in [0, 0.05) is 22.1 Å². The van der Waals surface area contributed by atoms with Crippen LogP contribution in [-0.2, 0) is 16.0 Å². The Bertz CT molecular complexity index is 797. The van der Waals surface area contributed by atoms with Crippen LogP contribution in [0.15, 0.2) is 24.3 Å². The number of nitrogens with one attached hydrogen (secondary N) is 1. The number of nitrogens with zero attached hydrogens (tertiary/aromatic N) is 1. The number of amides is 2. The molecule has 0 spiro atoms. The lowest BCUT2D eigenvalue weighted by Crippen LogP contribution is -2.45. The van der Waals surface area contributed by atoms with Gasteiger partial charge in [-0.25, -0.2) is 0 Å². The third-order valence-corrected chi connectivity index (χ3v) is 4.94. The highest BCUT2D eigenvalue weighted by atomic mass is 16.2. The summed E-state index contributed by atoms with van der Waals surface area (Å²) in [5, 5.41) is 1.09. The Morgan fingerprint density at radius 1 is 1.14 bits per heavy atom. The summed E-state index contributed by atoms with van der Waals surface area (Å²) in [5.74, 6) is -0.545. The summed E-state index contributed by atoms with van der Waals surface area (Å²) >= 11 is 0. The predicted molar refractivity (Wildman–Crippen MR) is 84.5 cm³/mol. The third kappa shape index (κ3) is 1.64. The van der Waals surface area contributed by atoms with E-state index in [1.54, 1.807) is 0 Å². The van der Waals surface area contributed by atoms with E-state index in [1.807, 2.05) is 45.0 Å². The van der Waals surface area contributed by atoms with Gasteiger partial charge in [-0.1, -0.05) is 18.2 Å². The first-order valence-electron chi connectivity index (χ1n) is 7.87. The van der Waals surface area contributed by atoms with Gasteiger partial charge >= 0.3 is 0 Å². The van der Waals surface area contributed by atoms with Crippen LogP contribution in [0.2, 0.25) is 0 Å². The summed E-state index contributed by atoms with van der Waals surface area (Å²) in [7, 11) is 0. The smallest absolute Gasteiger partial charge is 0.238 e. The van der Waals surface area contributed by atoms with Crippen LogP contribution in [0, 0.1) is 5.92 Å². The Morgan fingerprint density at radius 3 is 2.59 bits per heavy atom. The molecule has 1 saturated heterocycles. The predicted octanol–water partition coefficient (Wildman–Crippen LogP) is 2.98. The summed E-state index contributed by atoms with van der Waals surface area (Å²) in [6.07, 6.45) is 1.59. The fourth-order valence-corrected chi connectivity index (χ4v) is 4.08. The molecule has 0 unspecified atom stereocenters. The van der Waals surface area contributed by atoms with Gasteiger partial charge < -0.3 is 4.98 Å². The van der Waals surface area contributed by atoms with Crippen LogP contribution in [0.25, 0.3) is 10.9 Å². The van der Waals surface area contributed by atoms with Crippen LogP contribution in [-0.4, -0.2) is 27.2 Å². The van der Waals surface area contributed by atoms with Crippen molar-refractivity contribution < 1.29 is 9.59 Å². The fourth-order valence-electron chi connectivity index (χ4n) is 4.08. The molecule has 4 rings (SSSR count). The lowest BCUT2D eigenvalue weighted by Gasteiger charge is -2.30. The van der Waals surface area contributed by atoms with Crippen LogP contribution in [0.3, 0.4) is 0 Å². The molecule has 0 saturated carbocycles. The Hall–Kier alpha value is -2.10. The maximum atomic E-state index is 13.0. The molecule has 4 nitrogen and oxygen atoms in total. The summed E-state index contributed by atoms with van der Waals surface area (Å²) in [6.45, 7) is 5.78. The van der Waals surface area contributed by atoms with Crippen molar-refractivity contribution >= 4 is 22.7 Å². The van der Waals surface area contributed by atoms with E-state index in [9.17, 15) is 9.59 Å². The van der Waals surface area contributed by atoms with Crippen molar-refractivity contribution in [2.75, 3.05) is 0 Å². The topological polar surface area (TPSA) is 53.2 Å². The van der Waals surface area contributed by atoms with E-state index in [0.29, 0.717) is 0 Å². The quantitative estimate of drug-likeness (QED) is 0.760. The van der Waals surface area contributed by atoms with E-state index in [-0.39, 0.29) is 23.7 Å². The second-order valence-electron chi connectivity index (χ2n) is 7.37. The highest BCUT2D eigenvalue weighted by Crippen LogP contribution is 2.47. The molecule has 22 heavy (non-hydrogen) atoms. The second-order valence-corrected chi connectivity index (χ2v) is 7.37. The Kier molecular flexibility index (Phi) is 2.60. The fraction of sp³-hybridized carbons (Fsp3) is 0.444. The van der Waals surface area contributed by atoms with Gasteiger partial charge in [-0.3, -0.25) is 14.5 Å². The number of rotatable bonds is 0. The first-order valence-corrected chi connectivity index (χ1v) is 7.87. The van der Waals surface area contributed by atoms with Gasteiger partial charge in [-0.05, 0) is 45.2 Å². The number of para-hydroxylation sites is 1. The molecule has 2 aromatic rings. The Morgan fingerprint density at radius 2 is 1.86 bits per heavy atom. The molecule has 2 aliphatic rings. The van der Waals surface area contributed by atoms with Crippen molar-refractivity contribution in [2.45, 2.75) is 45.1 Å². The number of likely N-dealkylation sites (tertiary alicyclic amines) is 1. The normalized spacial score (nSPS) is 24.8. The van der Waals surface area contributed by atoms with Crippen molar-refractivity contribution in [2.24, 2.45) is 5.92 Å². The number of carbonyl (C=O) groups is 2. The van der Waals surface area contributed by atoms with Crippen molar-refractivity contribution in [3.63, 3.8) is 0 Å². The molecule has 1 aromatic heterocycles. The average molecular weight is 296 g/mol. The van der Waals surface area contributed by atoms with Gasteiger partial charge in [0.1, 0.15) is 0 Å². The van der Waals surface area contributed by atoms with E-state index in [0.717, 1.165) is 35.0 Å². The van der Waals surface area contributed by atoms with Crippen molar-refractivity contribution in [1.29, 1.82) is 0 Å². The highest BCUT2D eigenvalue weighted by molar-refractivity contribution is 6.10. The maximum absolute atomic E-state index is 13.0. The summed E-state index contributed by atoms with van der Waals surface area (Å²) in [6, 6.07) is 8.06. The lowest BCUT2D eigenvalue weighted by molar-refractivity contribution is -0.144. The van der Waals surface area contributed by atoms with Gasteiger partial charge in [0.15, 0.2) is 0 Å². The molecule has 2 atom stereocenters. The van der Waals surface area contributed by atoms with E-state index >= 15 is 0 Å². The SMILES string of the molecule is CC(C)(C)N1C(=O)[C@@H]2CCc3[nH]c4ccccc4c3[C@@H]2C1=O. The van der Waals surface area contributed by atoms with Gasteiger partial charge in [0.05, 0.1) is 11.8 Å². The molecule has 1 aromatic carbocycles. The number of aryl methyl sites for hydroxylation is 1. The second kappa shape index (κ2) is 4.22. The number of hydrogen-bond donors (Lipinski definition) is 1. The molecule has 0 bridgehead atoms. The number of aromatic nitrogens is 1. The minimum absolute atomic E-state index is 0.00145. The molecule has 2 amide bonds. The van der Waals surface area contributed by atoms with Gasteiger partial charge in [-0.2, -0.15) is 0 Å². The van der Waals surface area contributed by atoms with Crippen LogP contribution in [0.5, 0.6) is 0 Å². The molecule has 2 heterocycles. The zero-order valence-corrected chi connectivity index (χ0v) is 13.1. The van der Waals surface area contributed by atoms with E-state index < -0.39 is 5.54 Å². The highest BCUT2D eigenvalue weighted by Gasteiger charge is 2.54. The molecule has 4 heteroatoms. The maximum Gasteiger partial charge on any atom is 0.238 e. The molecule has 114 valence electrons. The zero-order chi connectivity index (χ0) is 15.6. The van der Waals surface area contributed by atoms with Gasteiger partial charge in [0.25, 0.3) is 0 Å². The van der Waals surface area contributed by atoms with Gasteiger partial charge in [-0.15, -0.1) is 0 Å². The van der Waals surface area contributed by atoms with Crippen molar-refractivity contribution in [3.8, 4) is 0 Å². The molecule has 1 aliphatic carbocycles. The molecular formula is C18H20N2O2. The third-order valence-electron chi connectivity index (χ3n) is 4.94. The Balaban J connectivity index is 1.91. The number of imide groups is 1. The van der Waals surface area contributed by atoms with Crippen LogP contribution < -0.4 is 0 Å². The molecular weight excluding hydrogens is 276 g/mol. The number of H-pyrrole nitrogens is 1. The number of benzene rings is 1. The number of carbonyl (C=O) groups excluding carboxylic acids is 2.